The molecule has 0 aromatic heterocycles. The first-order valence-corrected chi connectivity index (χ1v) is 15.1. The summed E-state index contributed by atoms with van der Waals surface area (Å²) >= 11 is 25.0. The van der Waals surface area contributed by atoms with Gasteiger partial charge in [0.05, 0.1) is 27.2 Å². The minimum Gasteiger partial charge on any atom is -0.370 e. The summed E-state index contributed by atoms with van der Waals surface area (Å²) in [5.41, 5.74) is 10.3. The SMILES string of the molecule is NC(=O)CCCCCCCCCCCCCc1ccc(Cl)c(N=C2CC(=O)N(c3c(Cl)cc(Cl)cc3Cl)N2)c1. The van der Waals surface area contributed by atoms with Gasteiger partial charge in [-0.2, -0.15) is 0 Å². The molecule has 0 aliphatic carbocycles. The number of hydrogen-bond donors (Lipinski definition) is 2. The summed E-state index contributed by atoms with van der Waals surface area (Å²) in [6.45, 7) is 0. The molecule has 2 aromatic carbocycles. The molecule has 1 aliphatic rings. The highest BCUT2D eigenvalue weighted by atomic mass is 35.5. The smallest absolute Gasteiger partial charge is 0.253 e. The molecule has 1 saturated heterocycles. The number of nitrogens with one attached hydrogen (secondary N) is 1. The molecular weight excluding hydrogens is 578 g/mol. The number of benzene rings is 2. The van der Waals surface area contributed by atoms with Crippen LogP contribution in [0, 0.1) is 0 Å². The molecule has 10 heteroatoms. The molecular formula is C29H36Cl4N4O2. The number of rotatable bonds is 16. The summed E-state index contributed by atoms with van der Waals surface area (Å²) in [5, 5.41) is 2.74. The Kier molecular flexibility index (Phi) is 13.2. The van der Waals surface area contributed by atoms with Crippen molar-refractivity contribution in [1.82, 2.24) is 5.43 Å². The van der Waals surface area contributed by atoms with Crippen molar-refractivity contribution >= 4 is 75.4 Å². The Bertz CT molecular complexity index is 1150. The van der Waals surface area contributed by atoms with E-state index in [1.165, 1.54) is 74.1 Å². The molecule has 1 fully saturated rings. The second-order valence-electron chi connectivity index (χ2n) is 9.94. The number of aryl methyl sites for hydroxylation is 1. The number of primary amides is 1. The molecule has 0 radical (unpaired) electrons. The van der Waals surface area contributed by atoms with Crippen molar-refractivity contribution in [2.45, 2.75) is 89.9 Å². The Morgan fingerprint density at radius 3 is 1.97 bits per heavy atom. The fourth-order valence-corrected chi connectivity index (χ4v) is 5.76. The van der Waals surface area contributed by atoms with E-state index in [1.54, 1.807) is 0 Å². The fraction of sp³-hybridized carbons (Fsp3) is 0.483. The predicted molar refractivity (Wildman–Crippen MR) is 164 cm³/mol. The monoisotopic (exact) mass is 612 g/mol. The molecule has 2 aromatic rings. The molecule has 3 N–H and O–H groups in total. The van der Waals surface area contributed by atoms with Crippen LogP contribution in [0.4, 0.5) is 11.4 Å². The van der Waals surface area contributed by atoms with Crippen LogP contribution in [0.5, 0.6) is 0 Å². The number of carbonyl (C=O) groups excluding carboxylic acids is 2. The number of amides is 2. The zero-order valence-electron chi connectivity index (χ0n) is 22.1. The molecule has 1 aliphatic heterocycles. The van der Waals surface area contributed by atoms with E-state index in [9.17, 15) is 9.59 Å². The van der Waals surface area contributed by atoms with E-state index in [0.29, 0.717) is 33.7 Å². The molecule has 1 heterocycles. The van der Waals surface area contributed by atoms with Gasteiger partial charge in [-0.25, -0.2) is 10.0 Å². The zero-order chi connectivity index (χ0) is 28.2. The van der Waals surface area contributed by atoms with Crippen molar-refractivity contribution in [3.8, 4) is 0 Å². The molecule has 0 unspecified atom stereocenters. The van der Waals surface area contributed by atoms with E-state index in [2.05, 4.69) is 10.4 Å². The molecule has 2 amide bonds. The third-order valence-corrected chi connectivity index (χ3v) is 7.78. The highest BCUT2D eigenvalue weighted by Gasteiger charge is 2.30. The van der Waals surface area contributed by atoms with Gasteiger partial charge in [0.2, 0.25) is 5.91 Å². The van der Waals surface area contributed by atoms with Crippen molar-refractivity contribution in [2.75, 3.05) is 5.01 Å². The van der Waals surface area contributed by atoms with Crippen LogP contribution in [0.15, 0.2) is 35.3 Å². The Hall–Kier alpha value is -1.99. The van der Waals surface area contributed by atoms with Crippen molar-refractivity contribution in [3.63, 3.8) is 0 Å². The van der Waals surface area contributed by atoms with Crippen molar-refractivity contribution < 1.29 is 9.59 Å². The van der Waals surface area contributed by atoms with E-state index < -0.39 is 0 Å². The maximum atomic E-state index is 12.7. The van der Waals surface area contributed by atoms with Crippen molar-refractivity contribution in [3.05, 3.63) is 56.0 Å². The lowest BCUT2D eigenvalue weighted by Crippen LogP contribution is -2.36. The normalized spacial score (nSPS) is 14.3. The second-order valence-corrected chi connectivity index (χ2v) is 11.6. The number of amidine groups is 1. The summed E-state index contributed by atoms with van der Waals surface area (Å²) in [4.78, 5) is 28.0. The van der Waals surface area contributed by atoms with Crippen LogP contribution < -0.4 is 16.2 Å². The lowest BCUT2D eigenvalue weighted by atomic mass is 10.0. The topological polar surface area (TPSA) is 87.8 Å². The first kappa shape index (κ1) is 31.5. The van der Waals surface area contributed by atoms with Crippen molar-refractivity contribution in [1.29, 1.82) is 0 Å². The van der Waals surface area contributed by atoms with Crippen LogP contribution in [0.2, 0.25) is 20.1 Å². The Morgan fingerprint density at radius 2 is 1.38 bits per heavy atom. The highest BCUT2D eigenvalue weighted by Crippen LogP contribution is 2.37. The molecule has 39 heavy (non-hydrogen) atoms. The molecule has 6 nitrogen and oxygen atoms in total. The standard InChI is InChI=1S/C29H36Cl4N4O2/c30-21-17-23(32)29(24(33)18-21)37-28(39)19-27(36-37)35-25-16-20(14-15-22(25)31)12-10-8-6-4-2-1-3-5-7-9-11-13-26(34)38/h14-18H,1-13,19H2,(H2,34,38)(H,35,36). The molecule has 0 saturated carbocycles. The fourth-order valence-electron chi connectivity index (χ4n) is 4.61. The van der Waals surface area contributed by atoms with Gasteiger partial charge in [-0.15, -0.1) is 0 Å². The van der Waals surface area contributed by atoms with Gasteiger partial charge in [0.15, 0.2) is 0 Å². The maximum absolute atomic E-state index is 12.7. The van der Waals surface area contributed by atoms with Gasteiger partial charge in [-0.3, -0.25) is 15.0 Å². The van der Waals surface area contributed by atoms with E-state index in [4.69, 9.17) is 52.1 Å². The maximum Gasteiger partial charge on any atom is 0.253 e. The van der Waals surface area contributed by atoms with Gasteiger partial charge in [0, 0.05) is 11.4 Å². The summed E-state index contributed by atoms with van der Waals surface area (Å²) in [6.07, 6.45) is 14.6. The van der Waals surface area contributed by atoms with Crippen LogP contribution in [-0.2, 0) is 16.0 Å². The minimum atomic E-state index is -0.229. The lowest BCUT2D eigenvalue weighted by Gasteiger charge is -2.19. The van der Waals surface area contributed by atoms with Gasteiger partial charge < -0.3 is 5.73 Å². The third-order valence-electron chi connectivity index (χ3n) is 6.67. The lowest BCUT2D eigenvalue weighted by molar-refractivity contribution is -0.118. The molecule has 0 atom stereocenters. The first-order valence-electron chi connectivity index (χ1n) is 13.6. The second kappa shape index (κ2) is 16.3. The molecule has 3 rings (SSSR count). The summed E-state index contributed by atoms with van der Waals surface area (Å²) in [7, 11) is 0. The zero-order valence-corrected chi connectivity index (χ0v) is 25.1. The summed E-state index contributed by atoms with van der Waals surface area (Å²) in [5.74, 6) is 0.0400. The van der Waals surface area contributed by atoms with Crippen LogP contribution in [0.1, 0.15) is 89.0 Å². The van der Waals surface area contributed by atoms with Gasteiger partial charge in [0.25, 0.3) is 5.91 Å². The minimum absolute atomic E-state index is 0.0745. The van der Waals surface area contributed by atoms with E-state index in [-0.39, 0.29) is 28.3 Å². The first-order chi connectivity index (χ1) is 18.7. The number of hydrazine groups is 1. The van der Waals surface area contributed by atoms with E-state index in [1.807, 2.05) is 18.2 Å². The Balaban J connectivity index is 1.39. The Labute approximate surface area is 251 Å². The molecule has 0 spiro atoms. The predicted octanol–water partition coefficient (Wildman–Crippen LogP) is 8.98. The molecule has 0 bridgehead atoms. The van der Waals surface area contributed by atoms with Crippen LogP contribution in [-0.4, -0.2) is 17.6 Å². The quantitative estimate of drug-likeness (QED) is 0.185. The van der Waals surface area contributed by atoms with Crippen LogP contribution >= 0.6 is 46.4 Å². The number of anilines is 1. The summed E-state index contributed by atoms with van der Waals surface area (Å²) in [6, 6.07) is 8.94. The Morgan fingerprint density at radius 1 is 0.821 bits per heavy atom. The van der Waals surface area contributed by atoms with Crippen LogP contribution in [0.25, 0.3) is 0 Å². The van der Waals surface area contributed by atoms with Gasteiger partial charge in [0.1, 0.15) is 11.5 Å². The van der Waals surface area contributed by atoms with Gasteiger partial charge in [-0.1, -0.05) is 110 Å². The summed E-state index contributed by atoms with van der Waals surface area (Å²) < 4.78 is 0. The highest BCUT2D eigenvalue weighted by molar-refractivity contribution is 6.42. The molecule has 212 valence electrons. The largest absolute Gasteiger partial charge is 0.370 e. The van der Waals surface area contributed by atoms with Crippen LogP contribution in [0.3, 0.4) is 0 Å². The third kappa shape index (κ3) is 10.5. The number of unbranched alkanes of at least 4 members (excludes halogenated alkanes) is 10. The van der Waals surface area contributed by atoms with Crippen molar-refractivity contribution in [2.24, 2.45) is 10.7 Å². The number of halogens is 4. The number of hydrogen-bond acceptors (Lipinski definition) is 3. The van der Waals surface area contributed by atoms with E-state index >= 15 is 0 Å². The van der Waals surface area contributed by atoms with Gasteiger partial charge >= 0.3 is 0 Å². The number of aliphatic imine (C=N–C) groups is 1. The van der Waals surface area contributed by atoms with Gasteiger partial charge in [-0.05, 0) is 49.1 Å². The average Bonchev–Trinajstić information content (AvgIpc) is 3.22. The number of nitrogens with two attached hydrogens (primary N) is 1. The number of nitrogens with zero attached hydrogens (tertiary/aromatic N) is 2. The average molecular weight is 614 g/mol. The number of carbonyl (C=O) groups is 2. The van der Waals surface area contributed by atoms with E-state index in [0.717, 1.165) is 25.7 Å².